The van der Waals surface area contributed by atoms with Crippen LogP contribution in [-0.4, -0.2) is 23.2 Å². The van der Waals surface area contributed by atoms with E-state index in [1.165, 1.54) is 4.88 Å². The first-order valence-corrected chi connectivity index (χ1v) is 7.13. The zero-order valence-corrected chi connectivity index (χ0v) is 11.7. The summed E-state index contributed by atoms with van der Waals surface area (Å²) < 4.78 is 0. The number of aliphatic carboxylic acids is 1. The normalized spacial score (nSPS) is 34.0. The first-order valence-electron chi connectivity index (χ1n) is 6.25. The lowest BCUT2D eigenvalue weighted by Gasteiger charge is -2.35. The van der Waals surface area contributed by atoms with Crippen LogP contribution < -0.4 is 5.32 Å². The third-order valence-corrected chi connectivity index (χ3v) is 5.08. The SMILES string of the molecule is Cl.O=C(O)[C@H]1CC2CCC(N2)C1Cc1cccs1. The van der Waals surface area contributed by atoms with Gasteiger partial charge in [0.15, 0.2) is 0 Å². The maximum atomic E-state index is 11.4. The van der Waals surface area contributed by atoms with Crippen LogP contribution in [0.4, 0.5) is 0 Å². The molecule has 2 aliphatic rings. The molecule has 5 heteroatoms. The van der Waals surface area contributed by atoms with Crippen LogP contribution >= 0.6 is 23.7 Å². The lowest BCUT2D eigenvalue weighted by molar-refractivity contribution is -0.145. The molecule has 3 heterocycles. The van der Waals surface area contributed by atoms with E-state index < -0.39 is 5.97 Å². The number of carboxylic acid groups (broad SMARTS) is 1. The fourth-order valence-electron chi connectivity index (χ4n) is 3.36. The molecule has 0 aromatic carbocycles. The Morgan fingerprint density at radius 3 is 3.00 bits per heavy atom. The molecule has 100 valence electrons. The predicted octanol–water partition coefficient (Wildman–Crippen LogP) is 2.55. The Bertz CT molecular complexity index is 409. The topological polar surface area (TPSA) is 49.3 Å². The molecular formula is C13H18ClNO2S. The largest absolute Gasteiger partial charge is 0.481 e. The summed E-state index contributed by atoms with van der Waals surface area (Å²) >= 11 is 1.74. The van der Waals surface area contributed by atoms with Crippen molar-refractivity contribution in [3.63, 3.8) is 0 Å². The highest BCUT2D eigenvalue weighted by Gasteiger charge is 2.44. The second kappa shape index (κ2) is 5.59. The fraction of sp³-hybridized carbons (Fsp3) is 0.615. The maximum absolute atomic E-state index is 11.4. The van der Waals surface area contributed by atoms with Crippen molar-refractivity contribution in [2.45, 2.75) is 37.8 Å². The van der Waals surface area contributed by atoms with E-state index in [2.05, 4.69) is 16.8 Å². The maximum Gasteiger partial charge on any atom is 0.306 e. The standard InChI is InChI=1S/C13H17NO2S.ClH/c15-13(16)11-6-8-3-4-12(14-8)10(11)7-9-2-1-5-17-9;/h1-2,5,8,10-12,14H,3-4,6-7H2,(H,15,16);1H/t8?,10?,11-,12?;/m0./s1. The van der Waals surface area contributed by atoms with Crippen molar-refractivity contribution in [3.05, 3.63) is 22.4 Å². The molecule has 18 heavy (non-hydrogen) atoms. The van der Waals surface area contributed by atoms with Crippen LogP contribution in [-0.2, 0) is 11.2 Å². The summed E-state index contributed by atoms with van der Waals surface area (Å²) in [5, 5.41) is 15.0. The Hall–Kier alpha value is -0.580. The van der Waals surface area contributed by atoms with Gasteiger partial charge in [-0.15, -0.1) is 23.7 Å². The Morgan fingerprint density at radius 1 is 1.50 bits per heavy atom. The van der Waals surface area contributed by atoms with Gasteiger partial charge in [-0.05, 0) is 43.0 Å². The molecule has 2 bridgehead atoms. The molecule has 0 aliphatic carbocycles. The molecule has 1 aromatic heterocycles. The Balaban J connectivity index is 0.00000120. The van der Waals surface area contributed by atoms with Gasteiger partial charge in [0.1, 0.15) is 0 Å². The Morgan fingerprint density at radius 2 is 2.33 bits per heavy atom. The molecule has 2 aliphatic heterocycles. The lowest BCUT2D eigenvalue weighted by Crippen LogP contribution is -2.48. The molecule has 3 unspecified atom stereocenters. The number of rotatable bonds is 3. The molecule has 2 fully saturated rings. The summed E-state index contributed by atoms with van der Waals surface area (Å²) in [5.41, 5.74) is 0. The van der Waals surface area contributed by atoms with Crippen LogP contribution in [0.3, 0.4) is 0 Å². The molecule has 2 saturated heterocycles. The van der Waals surface area contributed by atoms with Gasteiger partial charge in [-0.25, -0.2) is 0 Å². The van der Waals surface area contributed by atoms with E-state index in [0.29, 0.717) is 12.1 Å². The third-order valence-electron chi connectivity index (χ3n) is 4.18. The summed E-state index contributed by atoms with van der Waals surface area (Å²) in [5.74, 6) is -0.495. The van der Waals surface area contributed by atoms with E-state index in [-0.39, 0.29) is 24.2 Å². The monoisotopic (exact) mass is 287 g/mol. The van der Waals surface area contributed by atoms with Crippen molar-refractivity contribution in [1.82, 2.24) is 5.32 Å². The van der Waals surface area contributed by atoms with Crippen molar-refractivity contribution in [2.75, 3.05) is 0 Å². The van der Waals surface area contributed by atoms with Crippen LogP contribution in [0.15, 0.2) is 17.5 Å². The number of hydrogen-bond acceptors (Lipinski definition) is 3. The molecule has 0 saturated carbocycles. The van der Waals surface area contributed by atoms with Crippen LogP contribution in [0.2, 0.25) is 0 Å². The predicted molar refractivity (Wildman–Crippen MR) is 74.4 cm³/mol. The van der Waals surface area contributed by atoms with Crippen molar-refractivity contribution in [3.8, 4) is 0 Å². The summed E-state index contributed by atoms with van der Waals surface area (Å²) in [7, 11) is 0. The number of hydrogen-bond donors (Lipinski definition) is 2. The van der Waals surface area contributed by atoms with E-state index in [1.807, 2.05) is 6.07 Å². The summed E-state index contributed by atoms with van der Waals surface area (Å²) in [6.45, 7) is 0. The number of fused-ring (bicyclic) bond motifs is 2. The van der Waals surface area contributed by atoms with Crippen LogP contribution in [0.5, 0.6) is 0 Å². The van der Waals surface area contributed by atoms with E-state index in [9.17, 15) is 9.90 Å². The van der Waals surface area contributed by atoms with Gasteiger partial charge in [-0.2, -0.15) is 0 Å². The van der Waals surface area contributed by atoms with Gasteiger partial charge in [0, 0.05) is 17.0 Å². The van der Waals surface area contributed by atoms with Crippen molar-refractivity contribution in [2.24, 2.45) is 11.8 Å². The summed E-state index contributed by atoms with van der Waals surface area (Å²) in [4.78, 5) is 12.7. The lowest BCUT2D eigenvalue weighted by atomic mass is 9.79. The first kappa shape index (κ1) is 13.8. The number of nitrogens with one attached hydrogen (secondary N) is 1. The highest BCUT2D eigenvalue weighted by Crippen LogP contribution is 2.38. The minimum absolute atomic E-state index is 0. The average molecular weight is 288 g/mol. The average Bonchev–Trinajstić information content (AvgIpc) is 2.91. The summed E-state index contributed by atoms with van der Waals surface area (Å²) in [6.07, 6.45) is 4.01. The van der Waals surface area contributed by atoms with Crippen LogP contribution in [0, 0.1) is 11.8 Å². The van der Waals surface area contributed by atoms with Gasteiger partial charge in [-0.3, -0.25) is 4.79 Å². The van der Waals surface area contributed by atoms with Gasteiger partial charge >= 0.3 is 5.97 Å². The number of carbonyl (C=O) groups is 1. The summed E-state index contributed by atoms with van der Waals surface area (Å²) in [6, 6.07) is 5.02. The quantitative estimate of drug-likeness (QED) is 0.898. The fourth-order valence-corrected chi connectivity index (χ4v) is 4.14. The molecule has 0 spiro atoms. The molecule has 0 amide bonds. The first-order chi connectivity index (χ1) is 8.24. The van der Waals surface area contributed by atoms with Crippen molar-refractivity contribution in [1.29, 1.82) is 0 Å². The molecule has 1 aromatic rings. The molecule has 3 nitrogen and oxygen atoms in total. The molecular weight excluding hydrogens is 270 g/mol. The smallest absolute Gasteiger partial charge is 0.306 e. The third kappa shape index (κ3) is 2.56. The van der Waals surface area contributed by atoms with E-state index in [0.717, 1.165) is 25.7 Å². The minimum atomic E-state index is -0.607. The minimum Gasteiger partial charge on any atom is -0.481 e. The number of halogens is 1. The van der Waals surface area contributed by atoms with Crippen LogP contribution in [0.1, 0.15) is 24.1 Å². The molecule has 3 rings (SSSR count). The van der Waals surface area contributed by atoms with Gasteiger partial charge in [-0.1, -0.05) is 6.07 Å². The Kier molecular flexibility index (Phi) is 4.30. The second-order valence-electron chi connectivity index (χ2n) is 5.18. The molecule has 2 N–H and O–H groups in total. The highest BCUT2D eigenvalue weighted by molar-refractivity contribution is 7.09. The van der Waals surface area contributed by atoms with Crippen molar-refractivity contribution >= 4 is 29.7 Å². The molecule has 4 atom stereocenters. The number of piperidine rings is 1. The van der Waals surface area contributed by atoms with Crippen molar-refractivity contribution < 1.29 is 9.90 Å². The van der Waals surface area contributed by atoms with E-state index in [4.69, 9.17) is 0 Å². The highest BCUT2D eigenvalue weighted by atomic mass is 35.5. The zero-order valence-electron chi connectivity index (χ0n) is 10.0. The van der Waals surface area contributed by atoms with Gasteiger partial charge < -0.3 is 10.4 Å². The number of carboxylic acids is 1. The number of thiophene rings is 1. The van der Waals surface area contributed by atoms with Gasteiger partial charge in [0.25, 0.3) is 0 Å². The van der Waals surface area contributed by atoms with E-state index in [1.54, 1.807) is 11.3 Å². The second-order valence-corrected chi connectivity index (χ2v) is 6.21. The van der Waals surface area contributed by atoms with E-state index >= 15 is 0 Å². The Labute approximate surface area is 117 Å². The molecule has 0 radical (unpaired) electrons. The van der Waals surface area contributed by atoms with Crippen LogP contribution in [0.25, 0.3) is 0 Å². The van der Waals surface area contributed by atoms with Gasteiger partial charge in [0.2, 0.25) is 0 Å². The zero-order chi connectivity index (χ0) is 11.8. The van der Waals surface area contributed by atoms with Gasteiger partial charge in [0.05, 0.1) is 5.92 Å².